The van der Waals surface area contributed by atoms with Gasteiger partial charge in [0.2, 0.25) is 0 Å². The van der Waals surface area contributed by atoms with Gasteiger partial charge in [0.05, 0.1) is 0 Å². The summed E-state index contributed by atoms with van der Waals surface area (Å²) in [7, 11) is 0. The first-order valence-electron chi connectivity index (χ1n) is 12.0. The zero-order valence-corrected chi connectivity index (χ0v) is 20.9. The van der Waals surface area contributed by atoms with Gasteiger partial charge in [-0.2, -0.15) is 0 Å². The first-order valence-corrected chi connectivity index (χ1v) is 13.1. The molecule has 3 aromatic carbocycles. The van der Waals surface area contributed by atoms with Gasteiger partial charge in [-0.25, -0.2) is 4.79 Å². The number of rotatable bonds is 6. The molecule has 0 unspecified atom stereocenters. The molecule has 186 valence electrons. The predicted molar refractivity (Wildman–Crippen MR) is 139 cm³/mol. The second-order valence-corrected chi connectivity index (χ2v) is 10.3. The zero-order valence-electron chi connectivity index (χ0n) is 20.0. The molecule has 6 rings (SSSR count). The summed E-state index contributed by atoms with van der Waals surface area (Å²) in [6.07, 6.45) is -0.546. The predicted octanol–water partition coefficient (Wildman–Crippen LogP) is 4.05. The molecule has 2 heterocycles. The van der Waals surface area contributed by atoms with Gasteiger partial charge in [-0.1, -0.05) is 66.7 Å². The molecule has 7 nitrogen and oxygen atoms in total. The molecule has 2 amide bonds. The summed E-state index contributed by atoms with van der Waals surface area (Å²) in [5, 5.41) is 2.39. The van der Waals surface area contributed by atoms with Crippen LogP contribution in [-0.2, 0) is 19.1 Å². The van der Waals surface area contributed by atoms with E-state index in [0.717, 1.165) is 27.8 Å². The van der Waals surface area contributed by atoms with Gasteiger partial charge in [0, 0.05) is 16.9 Å². The van der Waals surface area contributed by atoms with Gasteiger partial charge in [0.15, 0.2) is 12.7 Å². The first kappa shape index (κ1) is 23.4. The average Bonchev–Trinajstić information content (AvgIpc) is 3.24. The quantitative estimate of drug-likeness (QED) is 0.396. The highest BCUT2D eigenvalue weighted by atomic mass is 32.2. The van der Waals surface area contributed by atoms with Gasteiger partial charge in [0.25, 0.3) is 11.8 Å². The average molecular weight is 513 g/mol. The number of hydrogen-bond donors (Lipinski definition) is 1. The van der Waals surface area contributed by atoms with Crippen molar-refractivity contribution in [1.82, 2.24) is 10.2 Å². The molecule has 1 aliphatic carbocycles. The molecule has 8 heteroatoms. The number of para-hydroxylation sites is 1. The molecule has 0 radical (unpaired) electrons. The Morgan fingerprint density at radius 1 is 0.946 bits per heavy atom. The number of thioether (sulfide) groups is 1. The standard InChI is InChI=1S/C29H24N2O5S/c1-17-16-37-28-24(30-23(32)15-35-18-9-3-2-4-10-18)27(33)31(28)25(17)29(34)36-26-21-13-7-5-11-19(21)20-12-6-8-14-22(20)26/h2-14,24,26,28H,15-16H2,1H3,(H,30,32)/t24-,28+/m1/s1. The molecular weight excluding hydrogens is 488 g/mol. The zero-order chi connectivity index (χ0) is 25.5. The van der Waals surface area contributed by atoms with Crippen LogP contribution in [0.5, 0.6) is 5.75 Å². The van der Waals surface area contributed by atoms with Crippen molar-refractivity contribution in [3.8, 4) is 16.9 Å². The topological polar surface area (TPSA) is 84.9 Å². The van der Waals surface area contributed by atoms with E-state index in [2.05, 4.69) is 5.32 Å². The monoisotopic (exact) mass is 512 g/mol. The van der Waals surface area contributed by atoms with Gasteiger partial charge >= 0.3 is 5.97 Å². The number of amides is 2. The molecule has 1 saturated heterocycles. The summed E-state index contributed by atoms with van der Waals surface area (Å²) >= 11 is 1.51. The maximum atomic E-state index is 13.5. The van der Waals surface area contributed by atoms with E-state index in [1.165, 1.54) is 16.7 Å². The molecule has 0 aromatic heterocycles. The Labute approximate surface area is 218 Å². The molecule has 1 N–H and O–H groups in total. The molecule has 2 aliphatic heterocycles. The largest absolute Gasteiger partial charge is 0.484 e. The second kappa shape index (κ2) is 9.44. The molecule has 1 fully saturated rings. The van der Waals surface area contributed by atoms with Gasteiger partial charge in [-0.3, -0.25) is 14.5 Å². The van der Waals surface area contributed by atoms with Crippen molar-refractivity contribution in [3.63, 3.8) is 0 Å². The fourth-order valence-corrected chi connectivity index (χ4v) is 6.33. The number of nitrogens with one attached hydrogen (secondary N) is 1. The van der Waals surface area contributed by atoms with Gasteiger partial charge < -0.3 is 14.8 Å². The minimum atomic E-state index is -0.722. The number of β-lactam (4-membered cyclic amide) rings is 1. The third kappa shape index (κ3) is 4.07. The first-order chi connectivity index (χ1) is 18.0. The number of fused-ring (bicyclic) bond motifs is 4. The number of benzene rings is 3. The molecule has 0 saturated carbocycles. The van der Waals surface area contributed by atoms with E-state index in [1.807, 2.05) is 73.7 Å². The number of carbonyl (C=O) groups excluding carboxylic acids is 3. The van der Waals surface area contributed by atoms with Crippen LogP contribution in [-0.4, -0.2) is 46.5 Å². The Kier molecular flexibility index (Phi) is 5.96. The van der Waals surface area contributed by atoms with Crippen molar-refractivity contribution in [1.29, 1.82) is 0 Å². The van der Waals surface area contributed by atoms with E-state index in [0.29, 0.717) is 11.5 Å². The fraction of sp³-hybridized carbons (Fsp3) is 0.207. The van der Waals surface area contributed by atoms with Crippen molar-refractivity contribution in [3.05, 3.63) is 101 Å². The number of esters is 1. The summed E-state index contributed by atoms with van der Waals surface area (Å²) in [6, 6.07) is 24.0. The normalized spacial score (nSPS) is 19.9. The van der Waals surface area contributed by atoms with Crippen LogP contribution in [0.25, 0.3) is 11.1 Å². The van der Waals surface area contributed by atoms with E-state index < -0.39 is 24.0 Å². The van der Waals surface area contributed by atoms with E-state index >= 15 is 0 Å². The Morgan fingerprint density at radius 3 is 2.24 bits per heavy atom. The van der Waals surface area contributed by atoms with Crippen LogP contribution in [0.15, 0.2) is 90.1 Å². The lowest BCUT2D eigenvalue weighted by molar-refractivity contribution is -0.154. The van der Waals surface area contributed by atoms with E-state index in [4.69, 9.17) is 9.47 Å². The lowest BCUT2D eigenvalue weighted by Gasteiger charge is -2.49. The van der Waals surface area contributed by atoms with Crippen molar-refractivity contribution in [2.24, 2.45) is 0 Å². The maximum Gasteiger partial charge on any atom is 0.356 e. The van der Waals surface area contributed by atoms with Crippen LogP contribution in [0.3, 0.4) is 0 Å². The third-order valence-electron chi connectivity index (χ3n) is 6.78. The third-order valence-corrected chi connectivity index (χ3v) is 8.21. The number of hydrogen-bond acceptors (Lipinski definition) is 6. The SMILES string of the molecule is CC1=C(C(=O)OC2c3ccccc3-c3ccccc32)N2C(=O)[C@@H](NC(=O)COc3ccccc3)[C@@H]2SC1. The van der Waals surface area contributed by atoms with Crippen LogP contribution in [0.2, 0.25) is 0 Å². The lowest BCUT2D eigenvalue weighted by Crippen LogP contribution is -2.70. The molecule has 0 spiro atoms. The smallest absolute Gasteiger partial charge is 0.356 e. The number of carbonyl (C=O) groups is 3. The van der Waals surface area contributed by atoms with Crippen molar-refractivity contribution >= 4 is 29.5 Å². The second-order valence-electron chi connectivity index (χ2n) is 9.15. The van der Waals surface area contributed by atoms with Crippen LogP contribution in [0, 0.1) is 0 Å². The van der Waals surface area contributed by atoms with Gasteiger partial charge in [-0.05, 0) is 35.8 Å². The Balaban J connectivity index is 1.16. The highest BCUT2D eigenvalue weighted by Gasteiger charge is 2.54. The molecular formula is C29H24N2O5S. The van der Waals surface area contributed by atoms with Crippen LogP contribution in [0.4, 0.5) is 0 Å². The number of ether oxygens (including phenoxy) is 2. The highest BCUT2D eigenvalue weighted by Crippen LogP contribution is 2.46. The Hall–Kier alpha value is -4.04. The van der Waals surface area contributed by atoms with Crippen molar-refractivity contribution in [2.75, 3.05) is 12.4 Å². The molecule has 2 atom stereocenters. The number of nitrogens with zero attached hydrogens (tertiary/aromatic N) is 1. The summed E-state index contributed by atoms with van der Waals surface area (Å²) < 4.78 is 11.6. The van der Waals surface area contributed by atoms with Gasteiger partial charge in [-0.15, -0.1) is 11.8 Å². The minimum absolute atomic E-state index is 0.199. The minimum Gasteiger partial charge on any atom is -0.484 e. The Morgan fingerprint density at radius 2 is 1.57 bits per heavy atom. The van der Waals surface area contributed by atoms with E-state index in [9.17, 15) is 14.4 Å². The fourth-order valence-electron chi connectivity index (χ4n) is 5.04. The molecule has 3 aromatic rings. The van der Waals surface area contributed by atoms with E-state index in [-0.39, 0.29) is 23.6 Å². The van der Waals surface area contributed by atoms with Crippen molar-refractivity contribution < 1.29 is 23.9 Å². The Bertz CT molecular complexity index is 1390. The summed E-state index contributed by atoms with van der Waals surface area (Å²) in [5.74, 6) is -0.126. The molecule has 37 heavy (non-hydrogen) atoms. The van der Waals surface area contributed by atoms with E-state index in [1.54, 1.807) is 12.1 Å². The van der Waals surface area contributed by atoms with Crippen LogP contribution < -0.4 is 10.1 Å². The van der Waals surface area contributed by atoms with Crippen LogP contribution >= 0.6 is 11.8 Å². The highest BCUT2D eigenvalue weighted by molar-refractivity contribution is 8.00. The maximum absolute atomic E-state index is 13.5. The summed E-state index contributed by atoms with van der Waals surface area (Å²) in [6.45, 7) is 1.64. The summed E-state index contributed by atoms with van der Waals surface area (Å²) in [4.78, 5) is 40.6. The van der Waals surface area contributed by atoms with Crippen molar-refractivity contribution in [2.45, 2.75) is 24.4 Å². The summed E-state index contributed by atoms with van der Waals surface area (Å²) in [5.41, 5.74) is 4.97. The lowest BCUT2D eigenvalue weighted by atomic mass is 10.0. The molecule has 3 aliphatic rings. The molecule has 0 bridgehead atoms. The van der Waals surface area contributed by atoms with Crippen LogP contribution in [0.1, 0.15) is 24.2 Å². The van der Waals surface area contributed by atoms with Gasteiger partial charge in [0.1, 0.15) is 22.9 Å².